The van der Waals surface area contributed by atoms with Crippen LogP contribution in [0.4, 0.5) is 11.6 Å². The number of ether oxygens (including phenoxy) is 1. The Morgan fingerprint density at radius 2 is 1.72 bits per heavy atom. The highest BCUT2D eigenvalue weighted by Gasteiger charge is 2.25. The summed E-state index contributed by atoms with van der Waals surface area (Å²) in [4.78, 5) is 32.2. The number of hydrogen-bond donors (Lipinski definition) is 2. The van der Waals surface area contributed by atoms with Crippen molar-refractivity contribution in [3.8, 4) is 5.75 Å². The summed E-state index contributed by atoms with van der Waals surface area (Å²) < 4.78 is 11.9. The van der Waals surface area contributed by atoms with E-state index in [4.69, 9.17) is 19.5 Å². The minimum Gasteiger partial charge on any atom is -0.491 e. The summed E-state index contributed by atoms with van der Waals surface area (Å²) in [5, 5.41) is 21.2. The van der Waals surface area contributed by atoms with Crippen molar-refractivity contribution in [3.63, 3.8) is 0 Å². The molecule has 1 aromatic carbocycles. The minimum absolute atomic E-state index is 0.558. The summed E-state index contributed by atoms with van der Waals surface area (Å²) in [5.41, 5.74) is 2.89. The standard InChI is InChI=1S/C24H31N5O2.C4H4O4/c1-28(2)22-21(30-16-18-4-5-18)9-7-19-20(27-31-23(19)22)8-6-17-10-14-29(15-11-17)24-25-12-3-13-26-24;5-3(6)1-2-4(7)8/h3,7,9,12-13,17-18H,4-6,8,10-11,14-16H2,1-2H3;1-2H,(H,5,6)(H,7,8)/b;2-1+. The van der Waals surface area contributed by atoms with Gasteiger partial charge in [-0.2, -0.15) is 0 Å². The molecule has 0 unspecified atom stereocenters. The van der Waals surface area contributed by atoms with E-state index >= 15 is 0 Å². The van der Waals surface area contributed by atoms with Crippen molar-refractivity contribution in [1.29, 1.82) is 0 Å². The first kappa shape index (κ1) is 27.9. The van der Waals surface area contributed by atoms with Gasteiger partial charge in [-0.25, -0.2) is 19.6 Å². The van der Waals surface area contributed by atoms with E-state index < -0.39 is 11.9 Å². The molecule has 1 aliphatic carbocycles. The number of piperidine rings is 1. The quantitative estimate of drug-likeness (QED) is 0.362. The fourth-order valence-corrected chi connectivity index (χ4v) is 4.59. The molecule has 2 aromatic heterocycles. The number of aliphatic carboxylic acids is 2. The van der Waals surface area contributed by atoms with Gasteiger partial charge in [-0.1, -0.05) is 5.16 Å². The van der Waals surface area contributed by atoms with Crippen LogP contribution >= 0.6 is 0 Å². The summed E-state index contributed by atoms with van der Waals surface area (Å²) in [5.74, 6) is 0.638. The highest BCUT2D eigenvalue weighted by molar-refractivity contribution is 5.94. The van der Waals surface area contributed by atoms with Crippen molar-refractivity contribution in [3.05, 3.63) is 48.4 Å². The van der Waals surface area contributed by atoms with Gasteiger partial charge in [-0.3, -0.25) is 0 Å². The third-order valence-corrected chi connectivity index (χ3v) is 6.88. The Balaban J connectivity index is 0.000000386. The van der Waals surface area contributed by atoms with Crippen molar-refractivity contribution in [2.24, 2.45) is 11.8 Å². The minimum atomic E-state index is -1.26. The van der Waals surface area contributed by atoms with Gasteiger partial charge in [0.05, 0.1) is 12.3 Å². The molecule has 0 radical (unpaired) electrons. The molecule has 11 nitrogen and oxygen atoms in total. The monoisotopic (exact) mass is 537 g/mol. The SMILES string of the molecule is CN(C)c1c(OCC2CC2)ccc2c(CCC3CCN(c4ncccn4)CC3)noc12.O=C(O)/C=C/C(=O)O. The summed E-state index contributed by atoms with van der Waals surface area (Å²) in [6.45, 7) is 2.82. The van der Waals surface area contributed by atoms with Crippen LogP contribution in [0.3, 0.4) is 0 Å². The number of hydrogen-bond acceptors (Lipinski definition) is 9. The third-order valence-electron chi connectivity index (χ3n) is 6.88. The third kappa shape index (κ3) is 7.92. The molecule has 3 aromatic rings. The zero-order valence-corrected chi connectivity index (χ0v) is 22.3. The summed E-state index contributed by atoms with van der Waals surface area (Å²) in [6, 6.07) is 6.06. The first-order valence-electron chi connectivity index (χ1n) is 13.2. The van der Waals surface area contributed by atoms with Gasteiger partial charge in [0.25, 0.3) is 0 Å². The van der Waals surface area contributed by atoms with Crippen LogP contribution in [0.15, 0.2) is 47.3 Å². The van der Waals surface area contributed by atoms with Crippen molar-refractivity contribution >= 4 is 34.5 Å². The first-order valence-corrected chi connectivity index (χ1v) is 13.2. The second-order valence-corrected chi connectivity index (χ2v) is 10.1. The predicted molar refractivity (Wildman–Crippen MR) is 146 cm³/mol. The van der Waals surface area contributed by atoms with E-state index in [-0.39, 0.29) is 0 Å². The lowest BCUT2D eigenvalue weighted by molar-refractivity contribution is -0.134. The Labute approximate surface area is 227 Å². The molecule has 0 atom stereocenters. The van der Waals surface area contributed by atoms with E-state index in [9.17, 15) is 9.59 Å². The van der Waals surface area contributed by atoms with Crippen LogP contribution in [0.5, 0.6) is 5.75 Å². The average molecular weight is 538 g/mol. The molecule has 0 spiro atoms. The van der Waals surface area contributed by atoms with Crippen LogP contribution in [0.25, 0.3) is 11.0 Å². The summed E-state index contributed by atoms with van der Waals surface area (Å²) >= 11 is 0. The molecule has 2 fully saturated rings. The zero-order valence-electron chi connectivity index (χ0n) is 22.3. The molecule has 0 amide bonds. The van der Waals surface area contributed by atoms with Crippen LogP contribution in [0.2, 0.25) is 0 Å². The number of carboxylic acids is 2. The second kappa shape index (κ2) is 13.1. The van der Waals surface area contributed by atoms with E-state index in [1.807, 2.05) is 32.6 Å². The molecule has 11 heteroatoms. The van der Waals surface area contributed by atoms with Crippen molar-refractivity contribution in [2.45, 2.75) is 38.5 Å². The van der Waals surface area contributed by atoms with E-state index in [1.165, 1.54) is 12.8 Å². The molecule has 1 saturated carbocycles. The molecular formula is C28H35N5O6. The normalized spacial score (nSPS) is 15.7. The van der Waals surface area contributed by atoms with Gasteiger partial charge < -0.3 is 29.3 Å². The Hall–Kier alpha value is -4.15. The lowest BCUT2D eigenvalue weighted by Gasteiger charge is -2.31. The van der Waals surface area contributed by atoms with E-state index in [1.54, 1.807) is 0 Å². The van der Waals surface area contributed by atoms with Crippen LogP contribution in [0.1, 0.15) is 37.8 Å². The number of aromatic nitrogens is 3. The average Bonchev–Trinajstić information content (AvgIpc) is 3.68. The maximum Gasteiger partial charge on any atom is 0.328 e. The van der Waals surface area contributed by atoms with Crippen molar-refractivity contribution in [1.82, 2.24) is 15.1 Å². The lowest BCUT2D eigenvalue weighted by atomic mass is 9.91. The van der Waals surface area contributed by atoms with Crippen LogP contribution < -0.4 is 14.5 Å². The molecular weight excluding hydrogens is 502 g/mol. The molecule has 39 heavy (non-hydrogen) atoms. The summed E-state index contributed by atoms with van der Waals surface area (Å²) in [6.07, 6.45) is 11.7. The van der Waals surface area contributed by atoms with Gasteiger partial charge in [-0.15, -0.1) is 0 Å². The van der Waals surface area contributed by atoms with Gasteiger partial charge >= 0.3 is 11.9 Å². The van der Waals surface area contributed by atoms with Crippen LogP contribution in [-0.4, -0.2) is 71.1 Å². The highest BCUT2D eigenvalue weighted by atomic mass is 16.5. The number of anilines is 2. The first-order chi connectivity index (χ1) is 18.8. The molecule has 1 aliphatic heterocycles. The fourth-order valence-electron chi connectivity index (χ4n) is 4.59. The van der Waals surface area contributed by atoms with Crippen molar-refractivity contribution in [2.75, 3.05) is 43.6 Å². The van der Waals surface area contributed by atoms with E-state index in [2.05, 4.69) is 37.1 Å². The van der Waals surface area contributed by atoms with Gasteiger partial charge in [0.1, 0.15) is 11.4 Å². The van der Waals surface area contributed by atoms with Gasteiger partial charge in [0.2, 0.25) is 5.95 Å². The largest absolute Gasteiger partial charge is 0.491 e. The molecule has 2 aliphatic rings. The van der Waals surface area contributed by atoms with Gasteiger partial charge in [0.15, 0.2) is 5.58 Å². The van der Waals surface area contributed by atoms with Gasteiger partial charge in [-0.05, 0) is 68.6 Å². The Morgan fingerprint density at radius 3 is 2.31 bits per heavy atom. The van der Waals surface area contributed by atoms with Crippen molar-refractivity contribution < 1.29 is 29.1 Å². The van der Waals surface area contributed by atoms with E-state index in [0.29, 0.717) is 18.1 Å². The van der Waals surface area contributed by atoms with Gasteiger partial charge in [0, 0.05) is 57.1 Å². The molecule has 1 saturated heterocycles. The van der Waals surface area contributed by atoms with Crippen LogP contribution in [0, 0.1) is 11.8 Å². The topological polar surface area (TPSA) is 142 Å². The molecule has 208 valence electrons. The predicted octanol–water partition coefficient (Wildman–Crippen LogP) is 4.03. The number of rotatable bonds is 10. The lowest BCUT2D eigenvalue weighted by Crippen LogP contribution is -2.34. The Kier molecular flexibility index (Phi) is 9.35. The molecule has 2 N–H and O–H groups in total. The summed E-state index contributed by atoms with van der Waals surface area (Å²) in [7, 11) is 4.07. The Bertz CT molecular complexity index is 1260. The number of fused-ring (bicyclic) bond motifs is 1. The Morgan fingerprint density at radius 1 is 1.05 bits per heavy atom. The second-order valence-electron chi connectivity index (χ2n) is 10.1. The number of nitrogens with zero attached hydrogens (tertiary/aromatic N) is 5. The molecule has 3 heterocycles. The fraction of sp³-hybridized carbons (Fsp3) is 0.464. The highest BCUT2D eigenvalue weighted by Crippen LogP contribution is 2.39. The zero-order chi connectivity index (χ0) is 27.8. The number of carbonyl (C=O) groups is 2. The maximum absolute atomic E-state index is 9.55. The molecule has 5 rings (SSSR count). The maximum atomic E-state index is 9.55. The molecule has 0 bridgehead atoms. The number of carboxylic acid groups (broad SMARTS) is 2. The van der Waals surface area contributed by atoms with Crippen LogP contribution in [-0.2, 0) is 16.0 Å². The smallest absolute Gasteiger partial charge is 0.328 e. The number of aryl methyl sites for hydroxylation is 1. The van der Waals surface area contributed by atoms with E-state index in [0.717, 1.165) is 85.3 Å². The number of benzene rings is 1.